The summed E-state index contributed by atoms with van der Waals surface area (Å²) in [6, 6.07) is 18.1. The minimum Gasteiger partial charge on any atom is -0.453 e. The lowest BCUT2D eigenvalue weighted by molar-refractivity contribution is -0.118. The number of aromatic nitrogens is 1. The van der Waals surface area contributed by atoms with Crippen LogP contribution in [0.4, 0.5) is 19.3 Å². The molecule has 0 unspecified atom stereocenters. The number of rotatable bonds is 11. The van der Waals surface area contributed by atoms with E-state index in [0.717, 1.165) is 13.3 Å². The Balaban J connectivity index is 1.44. The molecule has 10 nitrogen and oxygen atoms in total. The lowest BCUT2D eigenvalue weighted by Crippen LogP contribution is -2.53. The second-order valence-electron chi connectivity index (χ2n) is 11.2. The minimum absolute atomic E-state index is 0.0823. The molecule has 1 aliphatic rings. The maximum atomic E-state index is 15.4. The van der Waals surface area contributed by atoms with Gasteiger partial charge in [0.2, 0.25) is 15.9 Å². The summed E-state index contributed by atoms with van der Waals surface area (Å²) in [5.74, 6) is -2.97. The van der Waals surface area contributed by atoms with Gasteiger partial charge in [0.1, 0.15) is 17.7 Å². The van der Waals surface area contributed by atoms with Gasteiger partial charge in [0.15, 0.2) is 0 Å². The van der Waals surface area contributed by atoms with Crippen molar-refractivity contribution >= 4 is 39.3 Å². The zero-order chi connectivity index (χ0) is 34.3. The molecule has 1 aliphatic heterocycles. The molecule has 3 aromatic carbocycles. The number of ether oxygens (including phenoxy) is 1. The van der Waals surface area contributed by atoms with Gasteiger partial charge in [-0.25, -0.2) is 22.0 Å². The van der Waals surface area contributed by atoms with E-state index in [9.17, 15) is 22.4 Å². The van der Waals surface area contributed by atoms with E-state index >= 15 is 4.39 Å². The molecule has 0 aliphatic carbocycles. The highest BCUT2D eigenvalue weighted by Gasteiger charge is 2.35. The van der Waals surface area contributed by atoms with Crippen LogP contribution in [0.15, 0.2) is 96.2 Å². The van der Waals surface area contributed by atoms with E-state index in [1.807, 2.05) is 0 Å². The monoisotopic (exact) mass is 697 g/mol. The fraction of sp³-hybridized carbons (Fsp3) is 0.265. The van der Waals surface area contributed by atoms with Crippen LogP contribution in [-0.4, -0.2) is 68.5 Å². The summed E-state index contributed by atoms with van der Waals surface area (Å²) in [6.45, 7) is 1.07. The maximum absolute atomic E-state index is 15.4. The number of halogens is 3. The second kappa shape index (κ2) is 15.6. The van der Waals surface area contributed by atoms with Crippen molar-refractivity contribution in [1.82, 2.24) is 19.9 Å². The van der Waals surface area contributed by atoms with E-state index in [-0.39, 0.29) is 41.1 Å². The Labute approximate surface area is 282 Å². The average Bonchev–Trinajstić information content (AvgIpc) is 3.09. The average molecular weight is 698 g/mol. The molecule has 1 fully saturated rings. The lowest BCUT2D eigenvalue weighted by atomic mass is 9.85. The van der Waals surface area contributed by atoms with Gasteiger partial charge >= 0.3 is 6.09 Å². The van der Waals surface area contributed by atoms with E-state index < -0.39 is 51.7 Å². The number of hydrogen-bond acceptors (Lipinski definition) is 7. The summed E-state index contributed by atoms with van der Waals surface area (Å²) in [7, 11) is -2.67. The number of methoxy groups -OCH3 is 1. The van der Waals surface area contributed by atoms with E-state index in [2.05, 4.69) is 20.9 Å². The predicted octanol–water partition coefficient (Wildman–Crippen LogP) is 5.10. The third-order valence-corrected chi connectivity index (χ3v) is 10.4. The quantitative estimate of drug-likeness (QED) is 0.199. The number of amides is 2. The molecule has 48 heavy (non-hydrogen) atoms. The van der Waals surface area contributed by atoms with E-state index in [1.165, 1.54) is 46.9 Å². The largest absolute Gasteiger partial charge is 0.453 e. The number of carbonyl (C=O) groups excluding carboxylic acids is 2. The van der Waals surface area contributed by atoms with Crippen molar-refractivity contribution in [2.45, 2.75) is 35.7 Å². The van der Waals surface area contributed by atoms with Crippen LogP contribution in [-0.2, 0) is 26.0 Å². The molecule has 2 heterocycles. The summed E-state index contributed by atoms with van der Waals surface area (Å²) in [4.78, 5) is 30.7. The zero-order valence-corrected chi connectivity index (χ0v) is 27.5. The molecule has 4 aromatic rings. The first kappa shape index (κ1) is 34.9. The van der Waals surface area contributed by atoms with Gasteiger partial charge in [-0.1, -0.05) is 48.0 Å². The van der Waals surface area contributed by atoms with Gasteiger partial charge in [-0.2, -0.15) is 4.31 Å². The number of piperazine rings is 1. The van der Waals surface area contributed by atoms with Crippen LogP contribution in [0.25, 0.3) is 0 Å². The molecule has 5 rings (SSSR count). The molecule has 252 valence electrons. The normalized spacial score (nSPS) is 16.5. The highest BCUT2D eigenvalue weighted by Crippen LogP contribution is 2.32. The molecule has 0 radical (unpaired) electrons. The van der Waals surface area contributed by atoms with Crippen LogP contribution in [0, 0.1) is 11.6 Å². The molecular weight excluding hydrogens is 664 g/mol. The van der Waals surface area contributed by atoms with Crippen LogP contribution in [0.2, 0.25) is 5.02 Å². The van der Waals surface area contributed by atoms with Gasteiger partial charge in [-0.3, -0.25) is 9.78 Å². The summed E-state index contributed by atoms with van der Waals surface area (Å²) in [5.41, 5.74) is 1.07. The van der Waals surface area contributed by atoms with Gasteiger partial charge in [0.05, 0.1) is 18.2 Å². The highest BCUT2D eigenvalue weighted by atomic mass is 35.5. The summed E-state index contributed by atoms with van der Waals surface area (Å²) in [6.07, 6.45) is 1.79. The Morgan fingerprint density at radius 3 is 2.50 bits per heavy atom. The van der Waals surface area contributed by atoms with Crippen molar-refractivity contribution in [1.29, 1.82) is 0 Å². The lowest BCUT2D eigenvalue weighted by Gasteiger charge is -2.35. The first-order chi connectivity index (χ1) is 23.1. The molecular formula is C34H34ClF2N5O5S. The highest BCUT2D eigenvalue weighted by molar-refractivity contribution is 7.89. The van der Waals surface area contributed by atoms with E-state index in [0.29, 0.717) is 23.7 Å². The number of sulfonamides is 1. The third kappa shape index (κ3) is 8.16. The number of anilines is 1. The van der Waals surface area contributed by atoms with Gasteiger partial charge in [0, 0.05) is 54.1 Å². The summed E-state index contributed by atoms with van der Waals surface area (Å²) < 4.78 is 63.1. The smallest absolute Gasteiger partial charge is 0.407 e. The van der Waals surface area contributed by atoms with Crippen molar-refractivity contribution in [3.63, 3.8) is 0 Å². The number of carbonyl (C=O) groups is 2. The first-order valence-corrected chi connectivity index (χ1v) is 17.0. The Hall–Kier alpha value is -4.43. The Morgan fingerprint density at radius 2 is 1.79 bits per heavy atom. The predicted molar refractivity (Wildman–Crippen MR) is 177 cm³/mol. The Kier molecular flexibility index (Phi) is 11.4. The first-order valence-electron chi connectivity index (χ1n) is 15.1. The van der Waals surface area contributed by atoms with E-state index in [1.54, 1.807) is 42.5 Å². The fourth-order valence-corrected chi connectivity index (χ4v) is 7.62. The second-order valence-corrected chi connectivity index (χ2v) is 13.5. The van der Waals surface area contributed by atoms with Crippen molar-refractivity contribution < 1.29 is 31.5 Å². The Morgan fingerprint density at radius 1 is 1.04 bits per heavy atom. The molecule has 0 saturated carbocycles. The molecule has 1 aromatic heterocycles. The third-order valence-electron chi connectivity index (χ3n) is 8.14. The van der Waals surface area contributed by atoms with Crippen molar-refractivity contribution in [2.24, 2.45) is 0 Å². The van der Waals surface area contributed by atoms with Gasteiger partial charge in [-0.05, 0) is 66.4 Å². The number of nitrogens with one attached hydrogen (secondary N) is 3. The molecule has 0 bridgehead atoms. The minimum atomic E-state index is -3.81. The van der Waals surface area contributed by atoms with Crippen molar-refractivity contribution in [3.05, 3.63) is 125 Å². The Bertz CT molecular complexity index is 1850. The summed E-state index contributed by atoms with van der Waals surface area (Å²) >= 11 is 6.11. The van der Waals surface area contributed by atoms with Gasteiger partial charge in [-0.15, -0.1) is 0 Å². The van der Waals surface area contributed by atoms with Gasteiger partial charge < -0.3 is 20.7 Å². The van der Waals surface area contributed by atoms with Crippen molar-refractivity contribution in [3.8, 4) is 0 Å². The summed E-state index contributed by atoms with van der Waals surface area (Å²) in [5, 5.41) is 8.92. The SMILES string of the molecule is COC(=O)N[C@H](C(=O)Nc1cccc(F)c1CC[C@H]1CNCCN1S(=O)(=O)c1ccccc1)[C@@H](c1ccc(Cl)cc1)c1cncc(F)c1. The topological polar surface area (TPSA) is 130 Å². The van der Waals surface area contributed by atoms with Crippen molar-refractivity contribution in [2.75, 3.05) is 32.1 Å². The fourth-order valence-electron chi connectivity index (χ4n) is 5.82. The van der Waals surface area contributed by atoms with Crippen LogP contribution in [0.5, 0.6) is 0 Å². The number of pyridine rings is 1. The molecule has 2 amide bonds. The standard InChI is InChI=1S/C34H34ClF2N5O5S/c1-47-34(44)41-32(31(22-10-12-24(35)13-11-22)23-18-25(36)20-39-19-23)33(43)40-30-9-5-8-29(37)28(30)15-14-26-21-38-16-17-42(26)48(45,46)27-6-3-2-4-7-27/h2-13,18-20,26,31-32,38H,14-17,21H2,1H3,(H,40,43)(H,41,44)/t26-,31-,32-/m0/s1. The molecule has 3 N–H and O–H groups in total. The number of benzene rings is 3. The molecule has 1 saturated heterocycles. The van der Waals surface area contributed by atoms with Crippen LogP contribution < -0.4 is 16.0 Å². The molecule has 14 heteroatoms. The van der Waals surface area contributed by atoms with Crippen LogP contribution in [0.3, 0.4) is 0 Å². The number of nitrogens with zero attached hydrogens (tertiary/aromatic N) is 2. The number of alkyl carbamates (subject to hydrolysis) is 1. The zero-order valence-electron chi connectivity index (χ0n) is 25.9. The van der Waals surface area contributed by atoms with Crippen LogP contribution >= 0.6 is 11.6 Å². The maximum Gasteiger partial charge on any atom is 0.407 e. The number of hydrogen-bond donors (Lipinski definition) is 3. The molecule has 0 spiro atoms. The van der Waals surface area contributed by atoms with E-state index in [4.69, 9.17) is 16.3 Å². The molecule has 3 atom stereocenters. The van der Waals surface area contributed by atoms with Gasteiger partial charge in [0.25, 0.3) is 0 Å². The van der Waals surface area contributed by atoms with Crippen LogP contribution in [0.1, 0.15) is 29.0 Å².